The number of ketones is 1. The van der Waals surface area contributed by atoms with Crippen molar-refractivity contribution in [3.8, 4) is 11.5 Å². The predicted molar refractivity (Wildman–Crippen MR) is 78.8 cm³/mol. The molecular weight excluding hydrogens is 256 g/mol. The second-order valence-electron chi connectivity index (χ2n) is 4.68. The molecule has 0 heterocycles. The minimum Gasteiger partial charge on any atom is -0.504 e. The van der Waals surface area contributed by atoms with Gasteiger partial charge in [-0.05, 0) is 30.2 Å². The lowest BCUT2D eigenvalue weighted by Crippen LogP contribution is -2.17. The fraction of sp³-hybridized carbons (Fsp3) is 0.438. The Hall–Kier alpha value is -1.81. The number of ether oxygens (including phenoxy) is 1. The number of methoxy groups -OCH3 is 1. The second-order valence-corrected chi connectivity index (χ2v) is 4.68. The van der Waals surface area contributed by atoms with Gasteiger partial charge in [0, 0.05) is 0 Å². The minimum atomic E-state index is -0.934. The van der Waals surface area contributed by atoms with E-state index < -0.39 is 6.10 Å². The number of carbonyl (C=O) groups excluding carboxylic acids is 1. The number of aromatic hydroxyl groups is 1. The molecule has 1 aromatic rings. The van der Waals surface area contributed by atoms with E-state index >= 15 is 0 Å². The average molecular weight is 278 g/mol. The number of unbranched alkanes of at least 4 members (excludes halogenated alkanes) is 2. The van der Waals surface area contributed by atoms with E-state index in [0.29, 0.717) is 12.2 Å². The number of hydrogen-bond donors (Lipinski definition) is 2. The number of phenols is 1. The maximum absolute atomic E-state index is 11.7. The van der Waals surface area contributed by atoms with Crippen molar-refractivity contribution in [2.75, 3.05) is 7.11 Å². The summed E-state index contributed by atoms with van der Waals surface area (Å²) in [5, 5.41) is 19.2. The molecule has 4 nitrogen and oxygen atoms in total. The molecule has 1 rings (SSSR count). The van der Waals surface area contributed by atoms with Gasteiger partial charge in [-0.3, -0.25) is 4.79 Å². The predicted octanol–water partition coefficient (Wildman–Crippen LogP) is 2.92. The van der Waals surface area contributed by atoms with Gasteiger partial charge in [0.25, 0.3) is 0 Å². The van der Waals surface area contributed by atoms with Gasteiger partial charge in [0.05, 0.1) is 7.11 Å². The summed E-state index contributed by atoms with van der Waals surface area (Å²) in [6.07, 6.45) is 5.46. The third-order valence-electron chi connectivity index (χ3n) is 3.05. The molecule has 0 amide bonds. The molecule has 0 spiro atoms. The SMILES string of the molecule is CCCCCC(O)C(=O)/C=C/c1ccc(O)c(OC)c1. The first-order valence-electron chi connectivity index (χ1n) is 6.85. The summed E-state index contributed by atoms with van der Waals surface area (Å²) in [7, 11) is 1.46. The van der Waals surface area contributed by atoms with Gasteiger partial charge in [-0.25, -0.2) is 0 Å². The first-order valence-corrected chi connectivity index (χ1v) is 6.85. The van der Waals surface area contributed by atoms with Crippen LogP contribution in [0.1, 0.15) is 38.2 Å². The van der Waals surface area contributed by atoms with Crippen molar-refractivity contribution in [2.24, 2.45) is 0 Å². The molecular formula is C16H22O4. The lowest BCUT2D eigenvalue weighted by Gasteiger charge is -2.06. The van der Waals surface area contributed by atoms with Gasteiger partial charge in [-0.1, -0.05) is 38.3 Å². The van der Waals surface area contributed by atoms with E-state index in [1.807, 2.05) is 0 Å². The van der Waals surface area contributed by atoms with Gasteiger partial charge in [-0.2, -0.15) is 0 Å². The monoisotopic (exact) mass is 278 g/mol. The quantitative estimate of drug-likeness (QED) is 0.567. The number of aliphatic hydroxyl groups excluding tert-OH is 1. The fourth-order valence-corrected chi connectivity index (χ4v) is 1.82. The van der Waals surface area contributed by atoms with Gasteiger partial charge < -0.3 is 14.9 Å². The highest BCUT2D eigenvalue weighted by Gasteiger charge is 2.11. The third kappa shape index (κ3) is 5.05. The second kappa shape index (κ2) is 8.38. The zero-order chi connectivity index (χ0) is 15.0. The lowest BCUT2D eigenvalue weighted by atomic mass is 10.1. The first-order chi connectivity index (χ1) is 9.58. The standard InChI is InChI=1S/C16H22O4/c1-3-4-5-6-13(17)14(18)9-7-12-8-10-15(19)16(11-12)20-2/h7-11,13,17,19H,3-6H2,1-2H3/b9-7+. The third-order valence-corrected chi connectivity index (χ3v) is 3.05. The van der Waals surface area contributed by atoms with Crippen LogP contribution < -0.4 is 4.74 Å². The van der Waals surface area contributed by atoms with Crippen molar-refractivity contribution in [3.63, 3.8) is 0 Å². The molecule has 1 aromatic carbocycles. The van der Waals surface area contributed by atoms with E-state index in [1.54, 1.807) is 18.2 Å². The van der Waals surface area contributed by atoms with Crippen LogP contribution in [-0.4, -0.2) is 29.2 Å². The summed E-state index contributed by atoms with van der Waals surface area (Å²) in [5.74, 6) is 0.104. The molecule has 110 valence electrons. The Kier molecular flexibility index (Phi) is 6.81. The Bertz CT molecular complexity index is 466. The maximum Gasteiger partial charge on any atom is 0.184 e. The summed E-state index contributed by atoms with van der Waals surface area (Å²) in [6.45, 7) is 2.08. The van der Waals surface area contributed by atoms with Crippen LogP contribution in [0.5, 0.6) is 11.5 Å². The van der Waals surface area contributed by atoms with E-state index in [4.69, 9.17) is 4.74 Å². The Balaban J connectivity index is 2.60. The number of rotatable bonds is 8. The minimum absolute atomic E-state index is 0.0515. The van der Waals surface area contributed by atoms with Crippen molar-refractivity contribution in [1.82, 2.24) is 0 Å². The number of phenolic OH excluding ortho intramolecular Hbond substituents is 1. The van der Waals surface area contributed by atoms with Crippen molar-refractivity contribution < 1.29 is 19.7 Å². The highest BCUT2D eigenvalue weighted by Crippen LogP contribution is 2.26. The van der Waals surface area contributed by atoms with Crippen molar-refractivity contribution in [1.29, 1.82) is 0 Å². The summed E-state index contributed by atoms with van der Waals surface area (Å²) in [4.78, 5) is 11.7. The summed E-state index contributed by atoms with van der Waals surface area (Å²) in [6, 6.07) is 4.80. The topological polar surface area (TPSA) is 66.8 Å². The van der Waals surface area contributed by atoms with Gasteiger partial charge in [-0.15, -0.1) is 0 Å². The summed E-state index contributed by atoms with van der Waals surface area (Å²) >= 11 is 0. The van der Waals surface area contributed by atoms with E-state index in [0.717, 1.165) is 24.8 Å². The molecule has 1 unspecified atom stereocenters. The van der Waals surface area contributed by atoms with Crippen LogP contribution in [0.25, 0.3) is 6.08 Å². The van der Waals surface area contributed by atoms with Crippen molar-refractivity contribution >= 4 is 11.9 Å². The van der Waals surface area contributed by atoms with Crippen LogP contribution in [0.4, 0.5) is 0 Å². The Morgan fingerprint density at radius 3 is 2.80 bits per heavy atom. The Morgan fingerprint density at radius 1 is 1.40 bits per heavy atom. The van der Waals surface area contributed by atoms with E-state index in [9.17, 15) is 15.0 Å². The van der Waals surface area contributed by atoms with E-state index in [1.165, 1.54) is 19.3 Å². The van der Waals surface area contributed by atoms with Gasteiger partial charge in [0.15, 0.2) is 17.3 Å². The zero-order valence-electron chi connectivity index (χ0n) is 12.0. The van der Waals surface area contributed by atoms with Crippen LogP contribution in [0.2, 0.25) is 0 Å². The van der Waals surface area contributed by atoms with E-state index in [2.05, 4.69) is 6.92 Å². The molecule has 0 aliphatic carbocycles. The summed E-state index contributed by atoms with van der Waals surface area (Å²) < 4.78 is 4.99. The van der Waals surface area contributed by atoms with Crippen LogP contribution >= 0.6 is 0 Å². The van der Waals surface area contributed by atoms with Gasteiger partial charge in [0.1, 0.15) is 6.10 Å². The van der Waals surface area contributed by atoms with Crippen molar-refractivity contribution in [3.05, 3.63) is 29.8 Å². The van der Waals surface area contributed by atoms with Crippen LogP contribution in [0, 0.1) is 0 Å². The molecule has 1 atom stereocenters. The summed E-state index contributed by atoms with van der Waals surface area (Å²) in [5.41, 5.74) is 0.730. The highest BCUT2D eigenvalue weighted by atomic mass is 16.5. The molecule has 0 bridgehead atoms. The van der Waals surface area contributed by atoms with Gasteiger partial charge >= 0.3 is 0 Å². The van der Waals surface area contributed by atoms with Crippen LogP contribution in [-0.2, 0) is 4.79 Å². The average Bonchev–Trinajstić information content (AvgIpc) is 2.46. The maximum atomic E-state index is 11.7. The molecule has 0 radical (unpaired) electrons. The number of aliphatic hydroxyl groups is 1. The van der Waals surface area contributed by atoms with Gasteiger partial charge in [0.2, 0.25) is 0 Å². The Labute approximate surface area is 119 Å². The van der Waals surface area contributed by atoms with E-state index in [-0.39, 0.29) is 11.5 Å². The molecule has 4 heteroatoms. The number of benzene rings is 1. The molecule has 0 fully saturated rings. The smallest absolute Gasteiger partial charge is 0.184 e. The molecule has 0 saturated carbocycles. The fourth-order valence-electron chi connectivity index (χ4n) is 1.82. The number of carbonyl (C=O) groups is 1. The Morgan fingerprint density at radius 2 is 2.15 bits per heavy atom. The van der Waals surface area contributed by atoms with Crippen LogP contribution in [0.3, 0.4) is 0 Å². The number of hydrogen-bond acceptors (Lipinski definition) is 4. The lowest BCUT2D eigenvalue weighted by molar-refractivity contribution is -0.122. The zero-order valence-corrected chi connectivity index (χ0v) is 12.0. The molecule has 2 N–H and O–H groups in total. The highest BCUT2D eigenvalue weighted by molar-refractivity contribution is 5.96. The van der Waals surface area contributed by atoms with Crippen molar-refractivity contribution in [2.45, 2.75) is 38.7 Å². The molecule has 0 aromatic heterocycles. The first kappa shape index (κ1) is 16.2. The molecule has 20 heavy (non-hydrogen) atoms. The largest absolute Gasteiger partial charge is 0.504 e. The normalized spacial score (nSPS) is 12.6. The molecule has 0 aliphatic heterocycles. The molecule has 0 aliphatic rings. The van der Waals surface area contributed by atoms with Crippen LogP contribution in [0.15, 0.2) is 24.3 Å². The molecule has 0 saturated heterocycles.